The second-order valence-electron chi connectivity index (χ2n) is 4.39. The van der Waals surface area contributed by atoms with Crippen LogP contribution in [-0.4, -0.2) is 17.1 Å². The minimum Gasteiger partial charge on any atom is -0.363 e. The molecule has 0 amide bonds. The molecule has 3 heteroatoms. The van der Waals surface area contributed by atoms with E-state index in [4.69, 9.17) is 5.73 Å². The first-order valence-electron chi connectivity index (χ1n) is 5.74. The van der Waals surface area contributed by atoms with E-state index in [2.05, 4.69) is 10.3 Å². The summed E-state index contributed by atoms with van der Waals surface area (Å²) in [4.78, 5) is 4.30. The third-order valence-corrected chi connectivity index (χ3v) is 3.26. The lowest BCUT2D eigenvalue weighted by Gasteiger charge is -2.37. The Morgan fingerprint density at radius 2 is 2.07 bits per heavy atom. The predicted octanol–water partition coefficient (Wildman–Crippen LogP) is 2.16. The molecule has 1 aromatic rings. The summed E-state index contributed by atoms with van der Waals surface area (Å²) in [6.07, 6.45) is 8.04. The molecule has 3 nitrogen and oxygen atoms in total. The van der Waals surface area contributed by atoms with Gasteiger partial charge in [0.2, 0.25) is 0 Å². The molecule has 2 rings (SSSR count). The van der Waals surface area contributed by atoms with Gasteiger partial charge in [-0.15, -0.1) is 0 Å². The predicted molar refractivity (Wildman–Crippen MR) is 62.7 cm³/mol. The van der Waals surface area contributed by atoms with Gasteiger partial charge in [0, 0.05) is 12.7 Å². The molecule has 0 spiro atoms. The Hall–Kier alpha value is -1.09. The van der Waals surface area contributed by atoms with E-state index in [9.17, 15) is 0 Å². The Bertz CT molecular complexity index is 291. The molecule has 0 radical (unpaired) electrons. The Morgan fingerprint density at radius 3 is 2.67 bits per heavy atom. The number of nitrogens with two attached hydrogens (primary N) is 1. The lowest BCUT2D eigenvalue weighted by Crippen LogP contribution is -2.47. The van der Waals surface area contributed by atoms with Gasteiger partial charge in [0.25, 0.3) is 0 Å². The van der Waals surface area contributed by atoms with Crippen LogP contribution in [0.15, 0.2) is 24.4 Å². The largest absolute Gasteiger partial charge is 0.363 e. The van der Waals surface area contributed by atoms with E-state index >= 15 is 0 Å². The number of aromatic nitrogens is 1. The maximum Gasteiger partial charge on any atom is 0.126 e. The SMILES string of the molecule is NCC1(Nc2ccccn2)CCCCC1. The summed E-state index contributed by atoms with van der Waals surface area (Å²) < 4.78 is 0. The molecule has 1 aliphatic carbocycles. The summed E-state index contributed by atoms with van der Waals surface area (Å²) in [5.74, 6) is 0.949. The summed E-state index contributed by atoms with van der Waals surface area (Å²) in [5.41, 5.74) is 5.99. The third-order valence-electron chi connectivity index (χ3n) is 3.26. The molecule has 0 aliphatic heterocycles. The molecule has 0 unspecified atom stereocenters. The van der Waals surface area contributed by atoms with Gasteiger partial charge in [-0.05, 0) is 25.0 Å². The van der Waals surface area contributed by atoms with Crippen molar-refractivity contribution in [2.24, 2.45) is 5.73 Å². The quantitative estimate of drug-likeness (QED) is 0.795. The van der Waals surface area contributed by atoms with Crippen LogP contribution in [0.2, 0.25) is 0 Å². The maximum absolute atomic E-state index is 5.90. The van der Waals surface area contributed by atoms with E-state index in [1.54, 1.807) is 0 Å². The van der Waals surface area contributed by atoms with Gasteiger partial charge in [-0.2, -0.15) is 0 Å². The van der Waals surface area contributed by atoms with E-state index in [1.807, 2.05) is 24.4 Å². The molecule has 0 atom stereocenters. The highest BCUT2D eigenvalue weighted by Gasteiger charge is 2.30. The van der Waals surface area contributed by atoms with Crippen molar-refractivity contribution in [3.63, 3.8) is 0 Å². The molecule has 1 fully saturated rings. The topological polar surface area (TPSA) is 50.9 Å². The maximum atomic E-state index is 5.90. The van der Waals surface area contributed by atoms with Crippen molar-refractivity contribution in [3.8, 4) is 0 Å². The van der Waals surface area contributed by atoms with E-state index < -0.39 is 0 Å². The van der Waals surface area contributed by atoms with Crippen LogP contribution >= 0.6 is 0 Å². The van der Waals surface area contributed by atoms with Gasteiger partial charge in [-0.25, -0.2) is 4.98 Å². The molecule has 1 saturated carbocycles. The van der Waals surface area contributed by atoms with Gasteiger partial charge in [-0.1, -0.05) is 25.3 Å². The number of hydrogen-bond donors (Lipinski definition) is 2. The standard InChI is InChI=1S/C12H19N3/c13-10-12(7-3-1-4-8-12)15-11-6-2-5-9-14-11/h2,5-6,9H,1,3-4,7-8,10,13H2,(H,14,15). The van der Waals surface area contributed by atoms with Crippen LogP contribution in [0, 0.1) is 0 Å². The number of nitrogens with one attached hydrogen (secondary N) is 1. The summed E-state index contributed by atoms with van der Waals surface area (Å²) in [5, 5.41) is 3.51. The van der Waals surface area contributed by atoms with Crippen LogP contribution in [0.4, 0.5) is 5.82 Å². The minimum atomic E-state index is 0.0899. The molecule has 0 bridgehead atoms. The zero-order chi connectivity index (χ0) is 10.6. The van der Waals surface area contributed by atoms with Gasteiger partial charge >= 0.3 is 0 Å². The number of pyridine rings is 1. The first-order chi connectivity index (χ1) is 7.35. The van der Waals surface area contributed by atoms with Crippen molar-refractivity contribution in [1.29, 1.82) is 0 Å². The molecule has 15 heavy (non-hydrogen) atoms. The normalized spacial score (nSPS) is 19.8. The summed E-state index contributed by atoms with van der Waals surface area (Å²) in [7, 11) is 0. The summed E-state index contributed by atoms with van der Waals surface area (Å²) >= 11 is 0. The highest BCUT2D eigenvalue weighted by Crippen LogP contribution is 2.30. The van der Waals surface area contributed by atoms with Crippen molar-refractivity contribution in [1.82, 2.24) is 4.98 Å². The fourth-order valence-electron chi connectivity index (χ4n) is 2.32. The van der Waals surface area contributed by atoms with Gasteiger partial charge in [0.15, 0.2) is 0 Å². The monoisotopic (exact) mass is 205 g/mol. The van der Waals surface area contributed by atoms with E-state index in [0.29, 0.717) is 6.54 Å². The average Bonchev–Trinajstić information content (AvgIpc) is 2.32. The first-order valence-corrected chi connectivity index (χ1v) is 5.74. The first kappa shape index (κ1) is 10.4. The van der Waals surface area contributed by atoms with Crippen molar-refractivity contribution in [3.05, 3.63) is 24.4 Å². The van der Waals surface area contributed by atoms with Gasteiger partial charge in [-0.3, -0.25) is 0 Å². The van der Waals surface area contributed by atoms with Crippen LogP contribution in [0.5, 0.6) is 0 Å². The van der Waals surface area contributed by atoms with E-state index in [0.717, 1.165) is 5.82 Å². The molecule has 3 N–H and O–H groups in total. The molecule has 1 heterocycles. The summed E-state index contributed by atoms with van der Waals surface area (Å²) in [6, 6.07) is 5.94. The highest BCUT2D eigenvalue weighted by molar-refractivity contribution is 5.37. The van der Waals surface area contributed by atoms with Gasteiger partial charge in [0.1, 0.15) is 5.82 Å². The Morgan fingerprint density at radius 1 is 1.27 bits per heavy atom. The van der Waals surface area contributed by atoms with Gasteiger partial charge in [0.05, 0.1) is 5.54 Å². The fraction of sp³-hybridized carbons (Fsp3) is 0.583. The van der Waals surface area contributed by atoms with Crippen LogP contribution < -0.4 is 11.1 Å². The number of hydrogen-bond acceptors (Lipinski definition) is 3. The van der Waals surface area contributed by atoms with Crippen LogP contribution in [-0.2, 0) is 0 Å². The molecular formula is C12H19N3. The zero-order valence-corrected chi connectivity index (χ0v) is 9.08. The highest BCUT2D eigenvalue weighted by atomic mass is 15.1. The molecule has 1 aromatic heterocycles. The Balaban J connectivity index is 2.07. The van der Waals surface area contributed by atoms with Crippen LogP contribution in [0.25, 0.3) is 0 Å². The number of anilines is 1. The van der Waals surface area contributed by atoms with E-state index in [1.165, 1.54) is 32.1 Å². The third kappa shape index (κ3) is 2.48. The van der Waals surface area contributed by atoms with Crippen molar-refractivity contribution in [2.45, 2.75) is 37.6 Å². The molecule has 1 aliphatic rings. The van der Waals surface area contributed by atoms with Crippen molar-refractivity contribution < 1.29 is 0 Å². The van der Waals surface area contributed by atoms with E-state index in [-0.39, 0.29) is 5.54 Å². The Kier molecular flexibility index (Phi) is 3.21. The second-order valence-corrected chi connectivity index (χ2v) is 4.39. The summed E-state index contributed by atoms with van der Waals surface area (Å²) in [6.45, 7) is 0.698. The Labute approximate surface area is 91.1 Å². The van der Waals surface area contributed by atoms with Crippen LogP contribution in [0.1, 0.15) is 32.1 Å². The number of rotatable bonds is 3. The van der Waals surface area contributed by atoms with Gasteiger partial charge < -0.3 is 11.1 Å². The molecular weight excluding hydrogens is 186 g/mol. The molecule has 82 valence electrons. The molecule has 0 aromatic carbocycles. The van der Waals surface area contributed by atoms with Crippen LogP contribution in [0.3, 0.4) is 0 Å². The lowest BCUT2D eigenvalue weighted by molar-refractivity contribution is 0.330. The smallest absolute Gasteiger partial charge is 0.126 e. The fourth-order valence-corrected chi connectivity index (χ4v) is 2.32. The zero-order valence-electron chi connectivity index (χ0n) is 9.08. The van der Waals surface area contributed by atoms with Crippen molar-refractivity contribution >= 4 is 5.82 Å². The lowest BCUT2D eigenvalue weighted by atomic mass is 9.81. The molecule has 0 saturated heterocycles. The second kappa shape index (κ2) is 4.62. The number of nitrogens with zero attached hydrogens (tertiary/aromatic N) is 1. The minimum absolute atomic E-state index is 0.0899. The average molecular weight is 205 g/mol. The van der Waals surface area contributed by atoms with Crippen molar-refractivity contribution in [2.75, 3.05) is 11.9 Å².